The molecule has 0 spiro atoms. The van der Waals surface area contributed by atoms with Crippen molar-refractivity contribution in [1.29, 1.82) is 0 Å². The molecule has 1 aromatic heterocycles. The third kappa shape index (κ3) is 2.09. The van der Waals surface area contributed by atoms with Crippen molar-refractivity contribution < 1.29 is 0 Å². The summed E-state index contributed by atoms with van der Waals surface area (Å²) >= 11 is 1.57. The van der Waals surface area contributed by atoms with E-state index in [1.807, 2.05) is 0 Å². The van der Waals surface area contributed by atoms with Gasteiger partial charge in [-0.1, -0.05) is 19.3 Å². The molecule has 1 fully saturated rings. The zero-order chi connectivity index (χ0) is 9.10. The lowest BCUT2D eigenvalue weighted by Gasteiger charge is -2.19. The Morgan fingerprint density at radius 2 is 2.15 bits per heavy atom. The molecule has 1 aliphatic carbocycles. The largest absolute Gasteiger partial charge is 0.326 e. The summed E-state index contributed by atoms with van der Waals surface area (Å²) in [5.41, 5.74) is 6.86. The molecule has 0 unspecified atom stereocenters. The van der Waals surface area contributed by atoms with Gasteiger partial charge in [-0.3, -0.25) is 0 Å². The topological polar surface area (TPSA) is 38.9 Å². The van der Waals surface area contributed by atoms with Gasteiger partial charge in [-0.25, -0.2) is 0 Å². The average Bonchev–Trinajstić information content (AvgIpc) is 2.67. The minimum Gasteiger partial charge on any atom is -0.326 e. The molecule has 0 amide bonds. The van der Waals surface area contributed by atoms with E-state index in [0.29, 0.717) is 6.54 Å². The van der Waals surface area contributed by atoms with E-state index in [0.717, 1.165) is 5.92 Å². The average molecular weight is 196 g/mol. The summed E-state index contributed by atoms with van der Waals surface area (Å²) in [5.74, 6) is 0.727. The van der Waals surface area contributed by atoms with E-state index in [9.17, 15) is 0 Å². The minimum atomic E-state index is 0.643. The Kier molecular flexibility index (Phi) is 2.96. The Labute approximate surface area is 83.3 Å². The van der Waals surface area contributed by atoms with Gasteiger partial charge in [0.25, 0.3) is 0 Å². The molecule has 0 aromatic carbocycles. The lowest BCUT2D eigenvalue weighted by molar-refractivity contribution is 0.438. The van der Waals surface area contributed by atoms with Gasteiger partial charge in [-0.05, 0) is 30.4 Å². The molecular weight excluding hydrogens is 180 g/mol. The highest BCUT2D eigenvalue weighted by Crippen LogP contribution is 2.32. The van der Waals surface area contributed by atoms with Crippen LogP contribution in [0.1, 0.15) is 48.6 Å². The van der Waals surface area contributed by atoms with Gasteiger partial charge >= 0.3 is 0 Å². The van der Waals surface area contributed by atoms with Crippen molar-refractivity contribution in [3.05, 3.63) is 16.6 Å². The van der Waals surface area contributed by atoms with Crippen molar-refractivity contribution in [3.63, 3.8) is 0 Å². The van der Waals surface area contributed by atoms with Crippen molar-refractivity contribution >= 4 is 11.5 Å². The Hall–Kier alpha value is -0.410. The Morgan fingerprint density at radius 3 is 2.77 bits per heavy atom. The fourth-order valence-electron chi connectivity index (χ4n) is 2.02. The molecule has 0 bridgehead atoms. The first kappa shape index (κ1) is 9.16. The zero-order valence-electron chi connectivity index (χ0n) is 7.83. The fraction of sp³-hybridized carbons (Fsp3) is 0.700. The molecule has 1 heterocycles. The van der Waals surface area contributed by atoms with Crippen molar-refractivity contribution in [3.8, 4) is 0 Å². The Balaban J connectivity index is 2.05. The van der Waals surface area contributed by atoms with Crippen molar-refractivity contribution in [1.82, 2.24) is 4.37 Å². The van der Waals surface area contributed by atoms with Crippen LogP contribution in [-0.4, -0.2) is 4.37 Å². The highest BCUT2D eigenvalue weighted by atomic mass is 32.1. The first-order valence-electron chi connectivity index (χ1n) is 5.05. The molecule has 13 heavy (non-hydrogen) atoms. The van der Waals surface area contributed by atoms with Crippen LogP contribution < -0.4 is 5.73 Å². The molecule has 0 aliphatic heterocycles. The van der Waals surface area contributed by atoms with Gasteiger partial charge in [-0.15, -0.1) is 0 Å². The van der Waals surface area contributed by atoms with Gasteiger partial charge in [0.1, 0.15) is 0 Å². The van der Waals surface area contributed by atoms with E-state index in [1.165, 1.54) is 42.7 Å². The van der Waals surface area contributed by atoms with E-state index in [4.69, 9.17) is 5.73 Å². The highest BCUT2D eigenvalue weighted by molar-refractivity contribution is 7.05. The van der Waals surface area contributed by atoms with Crippen molar-refractivity contribution in [2.75, 3.05) is 0 Å². The summed E-state index contributed by atoms with van der Waals surface area (Å²) < 4.78 is 4.47. The molecule has 1 aromatic rings. The molecule has 72 valence electrons. The van der Waals surface area contributed by atoms with E-state index < -0.39 is 0 Å². The molecule has 0 atom stereocenters. The quantitative estimate of drug-likeness (QED) is 0.789. The van der Waals surface area contributed by atoms with E-state index in [-0.39, 0.29) is 0 Å². The highest BCUT2D eigenvalue weighted by Gasteiger charge is 2.17. The molecule has 2 rings (SSSR count). The monoisotopic (exact) mass is 196 g/mol. The van der Waals surface area contributed by atoms with Gasteiger partial charge in [0.2, 0.25) is 0 Å². The maximum atomic E-state index is 5.56. The van der Waals surface area contributed by atoms with Crippen molar-refractivity contribution in [2.24, 2.45) is 5.73 Å². The summed E-state index contributed by atoms with van der Waals surface area (Å²) in [6.45, 7) is 0.643. The molecule has 0 saturated heterocycles. The second-order valence-corrected chi connectivity index (χ2v) is 4.65. The Morgan fingerprint density at radius 1 is 1.38 bits per heavy atom. The zero-order valence-corrected chi connectivity index (χ0v) is 8.65. The van der Waals surface area contributed by atoms with Gasteiger partial charge in [0.15, 0.2) is 0 Å². The lowest BCUT2D eigenvalue weighted by atomic mass is 9.87. The molecular formula is C10H16N2S. The van der Waals surface area contributed by atoms with Crippen molar-refractivity contribution in [2.45, 2.75) is 44.6 Å². The number of nitrogens with zero attached hydrogens (tertiary/aromatic N) is 1. The summed E-state index contributed by atoms with van der Waals surface area (Å²) in [6, 6.07) is 2.20. The normalized spacial score (nSPS) is 19.2. The van der Waals surface area contributed by atoms with Gasteiger partial charge < -0.3 is 5.73 Å². The van der Waals surface area contributed by atoms with Crippen LogP contribution in [0.15, 0.2) is 6.07 Å². The summed E-state index contributed by atoms with van der Waals surface area (Å²) in [4.78, 5) is 1.22. The summed E-state index contributed by atoms with van der Waals surface area (Å²) in [7, 11) is 0. The van der Waals surface area contributed by atoms with E-state index >= 15 is 0 Å². The SMILES string of the molecule is NCc1cc(C2CCCCC2)ns1. The third-order valence-corrected chi connectivity index (χ3v) is 3.62. The molecule has 1 aliphatic rings. The van der Waals surface area contributed by atoms with Gasteiger partial charge in [-0.2, -0.15) is 4.37 Å². The standard InChI is InChI=1S/C10H16N2S/c11-7-9-6-10(12-13-9)8-4-2-1-3-5-8/h6,8H,1-5,7,11H2. The lowest BCUT2D eigenvalue weighted by Crippen LogP contribution is -2.04. The number of aromatic nitrogens is 1. The molecule has 0 radical (unpaired) electrons. The fourth-order valence-corrected chi connectivity index (χ4v) is 2.69. The maximum absolute atomic E-state index is 5.56. The first-order valence-corrected chi connectivity index (χ1v) is 5.83. The van der Waals surface area contributed by atoms with Crippen LogP contribution in [0.5, 0.6) is 0 Å². The van der Waals surface area contributed by atoms with Crippen LogP contribution in [-0.2, 0) is 6.54 Å². The summed E-state index contributed by atoms with van der Waals surface area (Å²) in [6.07, 6.45) is 6.81. The molecule has 2 N–H and O–H groups in total. The maximum Gasteiger partial charge on any atom is 0.0576 e. The first-order chi connectivity index (χ1) is 6.40. The van der Waals surface area contributed by atoms with Gasteiger partial charge in [0.05, 0.1) is 5.69 Å². The van der Waals surface area contributed by atoms with E-state index in [1.54, 1.807) is 11.5 Å². The number of hydrogen-bond acceptors (Lipinski definition) is 3. The number of hydrogen-bond donors (Lipinski definition) is 1. The molecule has 3 heteroatoms. The molecule has 2 nitrogen and oxygen atoms in total. The third-order valence-electron chi connectivity index (χ3n) is 2.80. The predicted octanol–water partition coefficient (Wildman–Crippen LogP) is 2.65. The predicted molar refractivity (Wildman–Crippen MR) is 55.8 cm³/mol. The summed E-state index contributed by atoms with van der Waals surface area (Å²) in [5, 5.41) is 0. The second kappa shape index (κ2) is 4.20. The van der Waals surface area contributed by atoms with Gasteiger partial charge in [0, 0.05) is 17.3 Å². The van der Waals surface area contributed by atoms with Crippen LogP contribution in [0, 0.1) is 0 Å². The number of rotatable bonds is 2. The van der Waals surface area contributed by atoms with Crippen LogP contribution in [0.3, 0.4) is 0 Å². The second-order valence-electron chi connectivity index (χ2n) is 3.76. The molecule has 1 saturated carbocycles. The minimum absolute atomic E-state index is 0.643. The van der Waals surface area contributed by atoms with Crippen LogP contribution in [0.2, 0.25) is 0 Å². The number of nitrogens with two attached hydrogens (primary N) is 1. The van der Waals surface area contributed by atoms with Crippen LogP contribution >= 0.6 is 11.5 Å². The van der Waals surface area contributed by atoms with Crippen LogP contribution in [0.25, 0.3) is 0 Å². The van der Waals surface area contributed by atoms with Crippen LogP contribution in [0.4, 0.5) is 0 Å². The Bertz CT molecular complexity index is 264. The van der Waals surface area contributed by atoms with E-state index in [2.05, 4.69) is 10.4 Å². The smallest absolute Gasteiger partial charge is 0.0576 e.